The van der Waals surface area contributed by atoms with Crippen molar-refractivity contribution < 1.29 is 0 Å². The number of guanidine groups is 1. The first kappa shape index (κ1) is 18.2. The second-order valence-corrected chi connectivity index (χ2v) is 5.34. The largest absolute Gasteiger partial charge is 0.357 e. The molecule has 4 nitrogen and oxygen atoms in total. The Labute approximate surface area is 151 Å². The molecule has 0 aliphatic rings. The van der Waals surface area contributed by atoms with Crippen LogP contribution in [0.25, 0.3) is 0 Å². The van der Waals surface area contributed by atoms with Gasteiger partial charge in [0, 0.05) is 19.3 Å². The highest BCUT2D eigenvalue weighted by Gasteiger charge is 1.99. The Morgan fingerprint density at radius 2 is 2.14 bits per heavy atom. The number of thiophene rings is 1. The Balaban J connectivity index is 0.00000220. The number of nitrogens with one attached hydrogen (secondary N) is 2. The molecule has 2 aromatic rings. The predicted octanol–water partition coefficient (Wildman–Crippen LogP) is 3.67. The van der Waals surface area contributed by atoms with Crippen LogP contribution in [0.3, 0.4) is 0 Å². The van der Waals surface area contributed by atoms with Gasteiger partial charge in [0.1, 0.15) is 5.15 Å². The minimum absolute atomic E-state index is 0. The average molecular weight is 437 g/mol. The summed E-state index contributed by atoms with van der Waals surface area (Å²) in [6.45, 7) is 4.22. The van der Waals surface area contributed by atoms with Gasteiger partial charge in [-0.05, 0) is 40.9 Å². The van der Waals surface area contributed by atoms with Crippen molar-refractivity contribution in [3.63, 3.8) is 0 Å². The summed E-state index contributed by atoms with van der Waals surface area (Å²) in [7, 11) is 0. The molecule has 0 aliphatic carbocycles. The molecule has 0 saturated heterocycles. The smallest absolute Gasteiger partial charge is 0.191 e. The second-order valence-electron chi connectivity index (χ2n) is 4.17. The zero-order chi connectivity index (χ0) is 14.2. The highest BCUT2D eigenvalue weighted by molar-refractivity contribution is 14.0. The fourth-order valence-electron chi connectivity index (χ4n) is 1.59. The standard InChI is InChI=1S/C14H17ClN4S.HI/c1-2-16-14(19-9-12-5-6-20-10-12)18-8-11-3-4-13(15)17-7-11;/h3-7,10H,2,8-9H2,1H3,(H2,16,18,19);1H. The van der Waals surface area contributed by atoms with E-state index in [1.807, 2.05) is 13.0 Å². The summed E-state index contributed by atoms with van der Waals surface area (Å²) < 4.78 is 0. The maximum atomic E-state index is 5.76. The van der Waals surface area contributed by atoms with E-state index in [4.69, 9.17) is 11.6 Å². The lowest BCUT2D eigenvalue weighted by Gasteiger charge is -2.11. The van der Waals surface area contributed by atoms with E-state index in [1.165, 1.54) is 5.56 Å². The van der Waals surface area contributed by atoms with Gasteiger partial charge in [-0.2, -0.15) is 11.3 Å². The van der Waals surface area contributed by atoms with Gasteiger partial charge in [0.05, 0.1) is 6.54 Å². The van der Waals surface area contributed by atoms with Crippen molar-refractivity contribution in [1.82, 2.24) is 15.6 Å². The number of hydrogen-bond donors (Lipinski definition) is 2. The van der Waals surface area contributed by atoms with Crippen molar-refractivity contribution in [3.05, 3.63) is 51.4 Å². The van der Waals surface area contributed by atoms with E-state index in [0.29, 0.717) is 18.2 Å². The average Bonchev–Trinajstić information content (AvgIpc) is 2.97. The summed E-state index contributed by atoms with van der Waals surface area (Å²) in [5.74, 6) is 0.800. The Morgan fingerprint density at radius 3 is 2.76 bits per heavy atom. The van der Waals surface area contributed by atoms with Gasteiger partial charge in [0.15, 0.2) is 5.96 Å². The van der Waals surface area contributed by atoms with Gasteiger partial charge in [0.25, 0.3) is 0 Å². The van der Waals surface area contributed by atoms with Crippen LogP contribution in [0.1, 0.15) is 18.1 Å². The van der Waals surface area contributed by atoms with E-state index < -0.39 is 0 Å². The van der Waals surface area contributed by atoms with Gasteiger partial charge in [-0.1, -0.05) is 17.7 Å². The van der Waals surface area contributed by atoms with Gasteiger partial charge >= 0.3 is 0 Å². The zero-order valence-corrected chi connectivity index (χ0v) is 15.6. The first-order chi connectivity index (χ1) is 9.78. The molecule has 0 atom stereocenters. The topological polar surface area (TPSA) is 49.3 Å². The molecule has 2 heterocycles. The van der Waals surface area contributed by atoms with Crippen LogP contribution in [0.15, 0.2) is 40.1 Å². The molecule has 0 unspecified atom stereocenters. The highest BCUT2D eigenvalue weighted by Crippen LogP contribution is 2.07. The molecule has 0 aliphatic heterocycles. The minimum Gasteiger partial charge on any atom is -0.357 e. The summed E-state index contributed by atoms with van der Waals surface area (Å²) in [5, 5.41) is 11.2. The molecule has 114 valence electrons. The van der Waals surface area contributed by atoms with Crippen LogP contribution in [0.5, 0.6) is 0 Å². The lowest BCUT2D eigenvalue weighted by molar-refractivity contribution is 0.814. The molecule has 2 rings (SSSR count). The molecule has 21 heavy (non-hydrogen) atoms. The molecule has 0 aromatic carbocycles. The van der Waals surface area contributed by atoms with Crippen molar-refractivity contribution in [2.45, 2.75) is 20.0 Å². The fraction of sp³-hybridized carbons (Fsp3) is 0.286. The lowest BCUT2D eigenvalue weighted by atomic mass is 10.3. The molecule has 0 spiro atoms. The fourth-order valence-corrected chi connectivity index (χ4v) is 2.36. The van der Waals surface area contributed by atoms with Crippen molar-refractivity contribution in [1.29, 1.82) is 0 Å². The lowest BCUT2D eigenvalue weighted by Crippen LogP contribution is -2.36. The summed E-state index contributed by atoms with van der Waals surface area (Å²) in [6.07, 6.45) is 1.76. The van der Waals surface area contributed by atoms with Crippen molar-refractivity contribution in [2.24, 2.45) is 4.99 Å². The van der Waals surface area contributed by atoms with E-state index in [2.05, 4.69) is 37.4 Å². The van der Waals surface area contributed by atoms with E-state index >= 15 is 0 Å². The maximum absolute atomic E-state index is 5.76. The number of hydrogen-bond acceptors (Lipinski definition) is 3. The summed E-state index contributed by atoms with van der Waals surface area (Å²) in [4.78, 5) is 8.60. The molecule has 2 aromatic heterocycles. The quantitative estimate of drug-likeness (QED) is 0.325. The van der Waals surface area contributed by atoms with Crippen molar-refractivity contribution >= 4 is 52.9 Å². The van der Waals surface area contributed by atoms with Crippen LogP contribution in [-0.2, 0) is 13.1 Å². The molecule has 2 N–H and O–H groups in total. The molecule has 0 radical (unpaired) electrons. The number of pyridine rings is 1. The predicted molar refractivity (Wildman–Crippen MR) is 101 cm³/mol. The van der Waals surface area contributed by atoms with E-state index in [0.717, 1.165) is 18.1 Å². The Bertz CT molecular complexity index is 543. The zero-order valence-electron chi connectivity index (χ0n) is 11.7. The number of halogens is 2. The van der Waals surface area contributed by atoms with Crippen LogP contribution in [0.4, 0.5) is 0 Å². The van der Waals surface area contributed by atoms with Crippen molar-refractivity contribution in [3.8, 4) is 0 Å². The molecule has 0 saturated carbocycles. The molecule has 0 fully saturated rings. The highest BCUT2D eigenvalue weighted by atomic mass is 127. The van der Waals surface area contributed by atoms with E-state index in [9.17, 15) is 0 Å². The third-order valence-corrected chi connectivity index (χ3v) is 3.55. The molecule has 7 heteroatoms. The van der Waals surface area contributed by atoms with Crippen LogP contribution in [-0.4, -0.2) is 17.5 Å². The van der Waals surface area contributed by atoms with E-state index in [1.54, 1.807) is 23.6 Å². The summed E-state index contributed by atoms with van der Waals surface area (Å²) >= 11 is 7.45. The number of rotatable bonds is 5. The molecule has 0 bridgehead atoms. The van der Waals surface area contributed by atoms with Gasteiger partial charge in [-0.25, -0.2) is 9.98 Å². The van der Waals surface area contributed by atoms with Gasteiger partial charge in [-0.3, -0.25) is 0 Å². The third kappa shape index (κ3) is 6.62. The number of aliphatic imine (C=N–C) groups is 1. The van der Waals surface area contributed by atoms with Crippen LogP contribution >= 0.6 is 46.9 Å². The van der Waals surface area contributed by atoms with Gasteiger partial charge in [0.2, 0.25) is 0 Å². The number of nitrogens with zero attached hydrogens (tertiary/aromatic N) is 2. The summed E-state index contributed by atoms with van der Waals surface area (Å²) in [6, 6.07) is 5.82. The molecular formula is C14H18ClIN4S. The molecular weight excluding hydrogens is 419 g/mol. The Kier molecular flexibility index (Phi) is 8.63. The first-order valence-corrected chi connectivity index (χ1v) is 7.73. The van der Waals surface area contributed by atoms with Gasteiger partial charge in [-0.15, -0.1) is 24.0 Å². The Hall–Kier alpha value is -0.860. The normalized spacial score (nSPS) is 10.9. The van der Waals surface area contributed by atoms with Crippen LogP contribution in [0, 0.1) is 0 Å². The monoisotopic (exact) mass is 436 g/mol. The molecule has 0 amide bonds. The first-order valence-electron chi connectivity index (χ1n) is 6.41. The van der Waals surface area contributed by atoms with Crippen LogP contribution < -0.4 is 10.6 Å². The summed E-state index contributed by atoms with van der Waals surface area (Å²) in [5.41, 5.74) is 2.29. The minimum atomic E-state index is 0. The van der Waals surface area contributed by atoms with Gasteiger partial charge < -0.3 is 10.6 Å². The SMILES string of the molecule is CCNC(=NCc1ccsc1)NCc1ccc(Cl)nc1.I. The third-order valence-electron chi connectivity index (χ3n) is 2.59. The van der Waals surface area contributed by atoms with Crippen molar-refractivity contribution in [2.75, 3.05) is 6.54 Å². The second kappa shape index (κ2) is 9.97. The number of aromatic nitrogens is 1. The van der Waals surface area contributed by atoms with E-state index in [-0.39, 0.29) is 24.0 Å². The maximum Gasteiger partial charge on any atom is 0.191 e. The van der Waals surface area contributed by atoms with Crippen LogP contribution in [0.2, 0.25) is 5.15 Å². The Morgan fingerprint density at radius 1 is 1.29 bits per heavy atom.